The fraction of sp³-hybridized carbons (Fsp3) is 0.583. The zero-order valence-electron chi connectivity index (χ0n) is 10.1. The topological polar surface area (TPSA) is 46.1 Å². The van der Waals surface area contributed by atoms with E-state index in [4.69, 9.17) is 11.6 Å². The van der Waals surface area contributed by atoms with Gasteiger partial charge in [0.25, 0.3) is 5.91 Å². The highest BCUT2D eigenvalue weighted by atomic mass is 35.5. The van der Waals surface area contributed by atoms with Crippen LogP contribution in [0.4, 0.5) is 0 Å². The van der Waals surface area contributed by atoms with Gasteiger partial charge in [0.2, 0.25) is 0 Å². The Bertz CT molecular complexity index is 407. The lowest BCUT2D eigenvalue weighted by Crippen LogP contribution is -2.40. The maximum absolute atomic E-state index is 12.3. The van der Waals surface area contributed by atoms with Gasteiger partial charge in [0.1, 0.15) is 0 Å². The number of carbonyl (C=O) groups is 1. The van der Waals surface area contributed by atoms with Crippen LogP contribution in [0.15, 0.2) is 12.1 Å². The standard InChI is InChI=1S/C12H16ClN3O/c1-3-9-5-4-8(2)16(9)12(17)10-6-7-11(13)15-14-10/h6-9H,3-5H2,1-2H3. The van der Waals surface area contributed by atoms with E-state index in [-0.39, 0.29) is 11.9 Å². The second-order valence-corrected chi connectivity index (χ2v) is 4.83. The third kappa shape index (κ3) is 2.41. The molecule has 0 N–H and O–H groups in total. The van der Waals surface area contributed by atoms with Gasteiger partial charge in [0.15, 0.2) is 10.8 Å². The summed E-state index contributed by atoms with van der Waals surface area (Å²) in [6.45, 7) is 4.19. The minimum Gasteiger partial charge on any atom is -0.332 e. The van der Waals surface area contributed by atoms with E-state index in [2.05, 4.69) is 24.0 Å². The van der Waals surface area contributed by atoms with Crippen molar-refractivity contribution in [1.29, 1.82) is 0 Å². The van der Waals surface area contributed by atoms with E-state index in [0.29, 0.717) is 16.9 Å². The number of amides is 1. The van der Waals surface area contributed by atoms with Gasteiger partial charge in [-0.2, -0.15) is 0 Å². The third-order valence-electron chi connectivity index (χ3n) is 3.34. The SMILES string of the molecule is CCC1CCC(C)N1C(=O)c1ccc(Cl)nn1. The van der Waals surface area contributed by atoms with Crippen molar-refractivity contribution < 1.29 is 4.79 Å². The number of hydrogen-bond donors (Lipinski definition) is 0. The molecule has 0 radical (unpaired) electrons. The number of halogens is 1. The van der Waals surface area contributed by atoms with Crippen molar-refractivity contribution in [2.24, 2.45) is 0 Å². The van der Waals surface area contributed by atoms with Crippen LogP contribution in [0.3, 0.4) is 0 Å². The van der Waals surface area contributed by atoms with Gasteiger partial charge in [0, 0.05) is 12.1 Å². The minimum absolute atomic E-state index is 0.0361. The van der Waals surface area contributed by atoms with Gasteiger partial charge in [-0.1, -0.05) is 18.5 Å². The highest BCUT2D eigenvalue weighted by molar-refractivity contribution is 6.29. The van der Waals surface area contributed by atoms with E-state index < -0.39 is 0 Å². The molecule has 1 saturated heterocycles. The van der Waals surface area contributed by atoms with E-state index in [9.17, 15) is 4.79 Å². The smallest absolute Gasteiger partial charge is 0.274 e. The summed E-state index contributed by atoms with van der Waals surface area (Å²) in [5, 5.41) is 7.88. The van der Waals surface area contributed by atoms with Crippen molar-refractivity contribution in [2.75, 3.05) is 0 Å². The van der Waals surface area contributed by atoms with Crippen LogP contribution < -0.4 is 0 Å². The Morgan fingerprint density at radius 1 is 1.47 bits per heavy atom. The van der Waals surface area contributed by atoms with Crippen LogP contribution in [-0.4, -0.2) is 33.1 Å². The molecule has 0 aromatic carbocycles. The Morgan fingerprint density at radius 2 is 2.24 bits per heavy atom. The van der Waals surface area contributed by atoms with Crippen LogP contribution in [0.1, 0.15) is 43.6 Å². The number of carbonyl (C=O) groups excluding carboxylic acids is 1. The first-order chi connectivity index (χ1) is 8.13. The van der Waals surface area contributed by atoms with Crippen LogP contribution in [0.2, 0.25) is 5.15 Å². The summed E-state index contributed by atoms with van der Waals surface area (Å²) < 4.78 is 0. The van der Waals surface area contributed by atoms with Gasteiger partial charge < -0.3 is 4.90 Å². The monoisotopic (exact) mass is 253 g/mol. The Hall–Kier alpha value is -1.16. The minimum atomic E-state index is -0.0361. The average molecular weight is 254 g/mol. The van der Waals surface area contributed by atoms with Gasteiger partial charge in [-0.15, -0.1) is 10.2 Å². The first-order valence-corrected chi connectivity index (χ1v) is 6.33. The van der Waals surface area contributed by atoms with Gasteiger partial charge in [-0.25, -0.2) is 0 Å². The molecule has 2 rings (SSSR count). The second-order valence-electron chi connectivity index (χ2n) is 4.44. The van der Waals surface area contributed by atoms with Crippen LogP contribution in [0.5, 0.6) is 0 Å². The summed E-state index contributed by atoms with van der Waals surface area (Å²) in [6.07, 6.45) is 3.12. The van der Waals surface area contributed by atoms with Crippen molar-refractivity contribution in [3.8, 4) is 0 Å². The highest BCUT2D eigenvalue weighted by Gasteiger charge is 2.34. The lowest BCUT2D eigenvalue weighted by Gasteiger charge is -2.27. The molecule has 92 valence electrons. The Labute approximate surface area is 106 Å². The predicted octanol–water partition coefficient (Wildman–Crippen LogP) is 2.53. The molecule has 1 aromatic rings. The lowest BCUT2D eigenvalue weighted by molar-refractivity contribution is 0.0669. The molecule has 1 aromatic heterocycles. The van der Waals surface area contributed by atoms with E-state index in [1.807, 2.05) is 4.90 Å². The number of nitrogens with zero attached hydrogens (tertiary/aromatic N) is 3. The molecule has 0 saturated carbocycles. The van der Waals surface area contributed by atoms with E-state index >= 15 is 0 Å². The van der Waals surface area contributed by atoms with Crippen molar-refractivity contribution in [2.45, 2.75) is 45.2 Å². The predicted molar refractivity (Wildman–Crippen MR) is 66.0 cm³/mol. The molecule has 17 heavy (non-hydrogen) atoms. The molecule has 2 unspecified atom stereocenters. The summed E-state index contributed by atoms with van der Waals surface area (Å²) in [4.78, 5) is 14.2. The maximum atomic E-state index is 12.3. The average Bonchev–Trinajstić information content (AvgIpc) is 2.70. The quantitative estimate of drug-likeness (QED) is 0.814. The van der Waals surface area contributed by atoms with Crippen LogP contribution in [-0.2, 0) is 0 Å². The molecule has 5 heteroatoms. The molecule has 2 heterocycles. The van der Waals surface area contributed by atoms with E-state index in [1.165, 1.54) is 0 Å². The zero-order valence-corrected chi connectivity index (χ0v) is 10.8. The summed E-state index contributed by atoms with van der Waals surface area (Å²) >= 11 is 5.66. The van der Waals surface area contributed by atoms with E-state index in [1.54, 1.807) is 12.1 Å². The highest BCUT2D eigenvalue weighted by Crippen LogP contribution is 2.27. The van der Waals surface area contributed by atoms with Crippen molar-refractivity contribution in [1.82, 2.24) is 15.1 Å². The zero-order chi connectivity index (χ0) is 12.4. The lowest BCUT2D eigenvalue weighted by atomic mass is 10.1. The molecule has 2 atom stereocenters. The van der Waals surface area contributed by atoms with Crippen molar-refractivity contribution >= 4 is 17.5 Å². The second kappa shape index (κ2) is 5.00. The van der Waals surface area contributed by atoms with Gasteiger partial charge >= 0.3 is 0 Å². The summed E-state index contributed by atoms with van der Waals surface area (Å²) in [6, 6.07) is 3.85. The summed E-state index contributed by atoms with van der Waals surface area (Å²) in [5.41, 5.74) is 0.376. The Kier molecular flexibility index (Phi) is 3.62. The van der Waals surface area contributed by atoms with E-state index in [0.717, 1.165) is 19.3 Å². The molecular formula is C12H16ClN3O. The molecule has 0 aliphatic carbocycles. The molecule has 1 aliphatic rings. The Morgan fingerprint density at radius 3 is 2.82 bits per heavy atom. The summed E-state index contributed by atoms with van der Waals surface area (Å²) in [5.74, 6) is -0.0361. The third-order valence-corrected chi connectivity index (χ3v) is 3.54. The maximum Gasteiger partial charge on any atom is 0.274 e. The largest absolute Gasteiger partial charge is 0.332 e. The molecule has 1 aliphatic heterocycles. The van der Waals surface area contributed by atoms with Crippen LogP contribution in [0.25, 0.3) is 0 Å². The molecule has 1 amide bonds. The molecule has 0 bridgehead atoms. The van der Waals surface area contributed by atoms with Gasteiger partial charge in [-0.3, -0.25) is 4.79 Å². The number of rotatable bonds is 2. The van der Waals surface area contributed by atoms with Crippen molar-refractivity contribution in [3.63, 3.8) is 0 Å². The van der Waals surface area contributed by atoms with Crippen LogP contribution >= 0.6 is 11.6 Å². The molecule has 4 nitrogen and oxygen atoms in total. The number of aromatic nitrogens is 2. The molecular weight excluding hydrogens is 238 g/mol. The first kappa shape index (κ1) is 12.3. The fourth-order valence-electron chi connectivity index (χ4n) is 2.40. The fourth-order valence-corrected chi connectivity index (χ4v) is 2.50. The molecule has 1 fully saturated rings. The summed E-state index contributed by atoms with van der Waals surface area (Å²) in [7, 11) is 0. The normalized spacial score (nSPS) is 24.1. The van der Waals surface area contributed by atoms with Crippen molar-refractivity contribution in [3.05, 3.63) is 23.0 Å². The first-order valence-electron chi connectivity index (χ1n) is 5.95. The number of likely N-dealkylation sites (tertiary alicyclic amines) is 1. The van der Waals surface area contributed by atoms with Crippen LogP contribution in [0, 0.1) is 0 Å². The number of hydrogen-bond acceptors (Lipinski definition) is 3. The van der Waals surface area contributed by atoms with Gasteiger partial charge in [0.05, 0.1) is 0 Å². The Balaban J connectivity index is 2.21. The van der Waals surface area contributed by atoms with Gasteiger partial charge in [-0.05, 0) is 38.3 Å². The molecule has 0 spiro atoms.